The molecule has 1 heterocycles. The lowest BCUT2D eigenvalue weighted by molar-refractivity contribution is -0.142. The van der Waals surface area contributed by atoms with E-state index in [0.717, 1.165) is 31.8 Å². The van der Waals surface area contributed by atoms with Crippen LogP contribution in [0.4, 0.5) is 8.78 Å². The number of halogens is 2. The molecule has 0 radical (unpaired) electrons. The molecule has 0 saturated carbocycles. The van der Waals surface area contributed by atoms with E-state index in [4.69, 9.17) is 4.74 Å². The van der Waals surface area contributed by atoms with Crippen molar-refractivity contribution in [3.63, 3.8) is 0 Å². The third-order valence-corrected chi connectivity index (χ3v) is 4.80. The van der Waals surface area contributed by atoms with Crippen LogP contribution in [0.3, 0.4) is 0 Å². The zero-order valence-electron chi connectivity index (χ0n) is 15.6. The van der Waals surface area contributed by atoms with Crippen LogP contribution in [0.15, 0.2) is 48.5 Å². The third-order valence-electron chi connectivity index (χ3n) is 4.80. The number of hydrogen-bond donors (Lipinski definition) is 0. The average Bonchev–Trinajstić information content (AvgIpc) is 2.65. The molecule has 3 rings (SSSR count). The topological polar surface area (TPSA) is 32.8 Å². The second kappa shape index (κ2) is 8.48. The van der Waals surface area contributed by atoms with E-state index in [1.807, 2.05) is 25.1 Å². The zero-order valence-corrected chi connectivity index (χ0v) is 15.6. The Morgan fingerprint density at radius 3 is 2.56 bits per heavy atom. The van der Waals surface area contributed by atoms with Gasteiger partial charge in [-0.2, -0.15) is 0 Å². The SMILES string of the molecule is CC(Oc1ccc(F)c(F)c1)C(=O)N1CCN(Cc2ccccc2)CC1C. The molecule has 0 aromatic heterocycles. The van der Waals surface area contributed by atoms with Crippen molar-refractivity contribution < 1.29 is 18.3 Å². The minimum atomic E-state index is -0.991. The van der Waals surface area contributed by atoms with Gasteiger partial charge in [0.15, 0.2) is 17.7 Å². The molecule has 144 valence electrons. The van der Waals surface area contributed by atoms with Crippen molar-refractivity contribution in [2.45, 2.75) is 32.5 Å². The molecular weight excluding hydrogens is 350 g/mol. The highest BCUT2D eigenvalue weighted by Gasteiger charge is 2.31. The van der Waals surface area contributed by atoms with Gasteiger partial charge in [0.2, 0.25) is 0 Å². The predicted octanol–water partition coefficient (Wildman–Crippen LogP) is 3.47. The quantitative estimate of drug-likeness (QED) is 0.804. The molecule has 6 heteroatoms. The lowest BCUT2D eigenvalue weighted by atomic mass is 10.1. The normalized spacial score (nSPS) is 19.0. The van der Waals surface area contributed by atoms with Gasteiger partial charge in [-0.1, -0.05) is 30.3 Å². The molecule has 1 fully saturated rings. The van der Waals surface area contributed by atoms with Crippen LogP contribution in [-0.2, 0) is 11.3 Å². The summed E-state index contributed by atoms with van der Waals surface area (Å²) in [5.74, 6) is -1.93. The van der Waals surface area contributed by atoms with Gasteiger partial charge < -0.3 is 9.64 Å². The lowest BCUT2D eigenvalue weighted by Gasteiger charge is -2.40. The van der Waals surface area contributed by atoms with Crippen molar-refractivity contribution in [2.75, 3.05) is 19.6 Å². The highest BCUT2D eigenvalue weighted by atomic mass is 19.2. The molecule has 2 aromatic carbocycles. The fourth-order valence-electron chi connectivity index (χ4n) is 3.38. The second-order valence-corrected chi connectivity index (χ2v) is 6.94. The van der Waals surface area contributed by atoms with Crippen molar-refractivity contribution >= 4 is 5.91 Å². The monoisotopic (exact) mass is 374 g/mol. The average molecular weight is 374 g/mol. The van der Waals surface area contributed by atoms with Crippen molar-refractivity contribution in [3.05, 3.63) is 65.7 Å². The Bertz CT molecular complexity index is 785. The maximum absolute atomic E-state index is 13.3. The predicted molar refractivity (Wildman–Crippen MR) is 99.3 cm³/mol. The van der Waals surface area contributed by atoms with Crippen LogP contribution in [0.5, 0.6) is 5.75 Å². The van der Waals surface area contributed by atoms with E-state index >= 15 is 0 Å². The number of piperazine rings is 1. The van der Waals surface area contributed by atoms with Crippen LogP contribution in [-0.4, -0.2) is 47.5 Å². The van der Waals surface area contributed by atoms with Crippen LogP contribution in [0, 0.1) is 11.6 Å². The molecule has 1 amide bonds. The van der Waals surface area contributed by atoms with Crippen molar-refractivity contribution in [2.24, 2.45) is 0 Å². The lowest BCUT2D eigenvalue weighted by Crippen LogP contribution is -2.56. The summed E-state index contributed by atoms with van der Waals surface area (Å²) in [7, 11) is 0. The number of benzene rings is 2. The van der Waals surface area contributed by atoms with E-state index in [-0.39, 0.29) is 17.7 Å². The Kier molecular flexibility index (Phi) is 6.06. The number of amides is 1. The third kappa shape index (κ3) is 4.83. The van der Waals surface area contributed by atoms with E-state index in [9.17, 15) is 13.6 Å². The van der Waals surface area contributed by atoms with E-state index in [2.05, 4.69) is 17.0 Å². The van der Waals surface area contributed by atoms with Gasteiger partial charge in [-0.3, -0.25) is 9.69 Å². The molecule has 2 unspecified atom stereocenters. The van der Waals surface area contributed by atoms with Gasteiger partial charge in [-0.05, 0) is 31.5 Å². The Balaban J connectivity index is 1.56. The second-order valence-electron chi connectivity index (χ2n) is 6.94. The molecule has 27 heavy (non-hydrogen) atoms. The highest BCUT2D eigenvalue weighted by molar-refractivity contribution is 5.81. The van der Waals surface area contributed by atoms with Crippen LogP contribution >= 0.6 is 0 Å². The van der Waals surface area contributed by atoms with Crippen molar-refractivity contribution in [1.29, 1.82) is 0 Å². The first kappa shape index (κ1) is 19.3. The van der Waals surface area contributed by atoms with Gasteiger partial charge in [0.1, 0.15) is 5.75 Å². The molecule has 1 aliphatic rings. The molecule has 4 nitrogen and oxygen atoms in total. The summed E-state index contributed by atoms with van der Waals surface area (Å²) in [6, 6.07) is 13.6. The minimum Gasteiger partial charge on any atom is -0.481 e. The standard InChI is InChI=1S/C21H24F2N2O2/c1-15-13-24(14-17-6-4-3-5-7-17)10-11-25(15)21(26)16(2)27-18-8-9-19(22)20(23)12-18/h3-9,12,15-16H,10-11,13-14H2,1-2H3. The number of nitrogens with zero attached hydrogens (tertiary/aromatic N) is 2. The molecular formula is C21H24F2N2O2. The zero-order chi connectivity index (χ0) is 19.4. The summed E-state index contributed by atoms with van der Waals surface area (Å²) in [5.41, 5.74) is 1.25. The maximum Gasteiger partial charge on any atom is 0.263 e. The fraction of sp³-hybridized carbons (Fsp3) is 0.381. The summed E-state index contributed by atoms with van der Waals surface area (Å²) < 4.78 is 31.9. The number of carbonyl (C=O) groups excluding carboxylic acids is 1. The molecule has 2 aromatic rings. The van der Waals surface area contributed by atoms with Crippen molar-refractivity contribution in [3.8, 4) is 5.75 Å². The van der Waals surface area contributed by atoms with E-state index in [0.29, 0.717) is 6.54 Å². The summed E-state index contributed by atoms with van der Waals surface area (Å²) in [4.78, 5) is 16.9. The van der Waals surface area contributed by atoms with Gasteiger partial charge in [0, 0.05) is 38.3 Å². The molecule has 2 atom stereocenters. The molecule has 1 saturated heterocycles. The molecule has 0 aliphatic carbocycles. The van der Waals surface area contributed by atoms with E-state index in [1.54, 1.807) is 11.8 Å². The van der Waals surface area contributed by atoms with Gasteiger partial charge in [-0.15, -0.1) is 0 Å². The van der Waals surface area contributed by atoms with Gasteiger partial charge in [-0.25, -0.2) is 8.78 Å². The molecule has 1 aliphatic heterocycles. The Hall–Kier alpha value is -2.47. The number of ether oxygens (including phenoxy) is 1. The Morgan fingerprint density at radius 2 is 1.89 bits per heavy atom. The minimum absolute atomic E-state index is 0.0472. The summed E-state index contributed by atoms with van der Waals surface area (Å²) in [6.45, 7) is 6.67. The van der Waals surface area contributed by atoms with Crippen LogP contribution < -0.4 is 4.74 Å². The Labute approximate surface area is 158 Å². The van der Waals surface area contributed by atoms with Gasteiger partial charge in [0.05, 0.1) is 0 Å². The summed E-state index contributed by atoms with van der Waals surface area (Å²) >= 11 is 0. The first-order valence-corrected chi connectivity index (χ1v) is 9.12. The maximum atomic E-state index is 13.3. The smallest absolute Gasteiger partial charge is 0.263 e. The van der Waals surface area contributed by atoms with Gasteiger partial charge in [0.25, 0.3) is 5.91 Å². The van der Waals surface area contributed by atoms with Crippen molar-refractivity contribution in [1.82, 2.24) is 9.80 Å². The number of carbonyl (C=O) groups is 1. The summed E-state index contributed by atoms with van der Waals surface area (Å²) in [6.07, 6.45) is -0.766. The number of hydrogen-bond acceptors (Lipinski definition) is 3. The van der Waals surface area contributed by atoms with Crippen LogP contribution in [0.1, 0.15) is 19.4 Å². The fourth-order valence-corrected chi connectivity index (χ4v) is 3.38. The first-order valence-electron chi connectivity index (χ1n) is 9.12. The number of rotatable bonds is 5. The van der Waals surface area contributed by atoms with Crippen LogP contribution in [0.2, 0.25) is 0 Å². The van der Waals surface area contributed by atoms with E-state index in [1.165, 1.54) is 11.6 Å². The van der Waals surface area contributed by atoms with Gasteiger partial charge >= 0.3 is 0 Å². The molecule has 0 N–H and O–H groups in total. The first-order chi connectivity index (χ1) is 12.9. The van der Waals surface area contributed by atoms with E-state index < -0.39 is 17.7 Å². The Morgan fingerprint density at radius 1 is 1.15 bits per heavy atom. The molecule has 0 spiro atoms. The highest BCUT2D eigenvalue weighted by Crippen LogP contribution is 2.19. The summed E-state index contributed by atoms with van der Waals surface area (Å²) in [5, 5.41) is 0. The van der Waals surface area contributed by atoms with Crippen LogP contribution in [0.25, 0.3) is 0 Å². The molecule has 0 bridgehead atoms. The largest absolute Gasteiger partial charge is 0.481 e.